The third-order valence-electron chi connectivity index (χ3n) is 4.79. The summed E-state index contributed by atoms with van der Waals surface area (Å²) in [5.41, 5.74) is 1.11. The summed E-state index contributed by atoms with van der Waals surface area (Å²) in [5, 5.41) is 3.20. The van der Waals surface area contributed by atoms with Crippen LogP contribution in [0.3, 0.4) is 0 Å². The molecule has 3 rings (SSSR count). The Bertz CT molecular complexity index is 415. The molecule has 1 N–H and O–H groups in total. The van der Waals surface area contributed by atoms with Gasteiger partial charge in [-0.3, -0.25) is 9.88 Å². The van der Waals surface area contributed by atoms with Gasteiger partial charge in [-0.25, -0.2) is 4.98 Å². The van der Waals surface area contributed by atoms with Crippen molar-refractivity contribution in [3.63, 3.8) is 0 Å². The van der Waals surface area contributed by atoms with Crippen molar-refractivity contribution in [2.45, 2.75) is 58.0 Å². The first-order valence-electron chi connectivity index (χ1n) is 8.15. The van der Waals surface area contributed by atoms with Crippen LogP contribution in [0.2, 0.25) is 0 Å². The van der Waals surface area contributed by atoms with Crippen LogP contribution in [-0.2, 0) is 6.54 Å². The van der Waals surface area contributed by atoms with Gasteiger partial charge >= 0.3 is 0 Å². The maximum absolute atomic E-state index is 4.56. The van der Waals surface area contributed by atoms with Crippen molar-refractivity contribution >= 4 is 5.82 Å². The maximum atomic E-state index is 4.56. The number of likely N-dealkylation sites (tertiary alicyclic amines) is 1. The quantitative estimate of drug-likeness (QED) is 0.916. The van der Waals surface area contributed by atoms with Crippen LogP contribution in [0.1, 0.15) is 51.1 Å². The monoisotopic (exact) mass is 274 g/mol. The molecule has 0 unspecified atom stereocenters. The lowest BCUT2D eigenvalue weighted by Gasteiger charge is -2.44. The first kappa shape index (κ1) is 13.8. The molecule has 4 heteroatoms. The van der Waals surface area contributed by atoms with E-state index in [2.05, 4.69) is 27.1 Å². The second-order valence-electron chi connectivity index (χ2n) is 6.15. The summed E-state index contributed by atoms with van der Waals surface area (Å²) in [6, 6.07) is 0.799. The molecule has 2 atom stereocenters. The van der Waals surface area contributed by atoms with Crippen molar-refractivity contribution in [1.29, 1.82) is 0 Å². The minimum absolute atomic E-state index is 0.799. The van der Waals surface area contributed by atoms with Gasteiger partial charge in [0.2, 0.25) is 0 Å². The summed E-state index contributed by atoms with van der Waals surface area (Å²) in [5.74, 6) is 1.82. The first-order valence-corrected chi connectivity index (χ1v) is 8.15. The molecule has 4 nitrogen and oxygen atoms in total. The molecule has 110 valence electrons. The Kier molecular flexibility index (Phi) is 4.51. The van der Waals surface area contributed by atoms with Gasteiger partial charge in [-0.1, -0.05) is 12.8 Å². The lowest BCUT2D eigenvalue weighted by atomic mass is 9.78. The molecular formula is C16H26N4. The Hall–Kier alpha value is -1.16. The van der Waals surface area contributed by atoms with Crippen LogP contribution in [-0.4, -0.2) is 34.0 Å². The highest BCUT2D eigenvalue weighted by molar-refractivity contribution is 5.30. The topological polar surface area (TPSA) is 41.1 Å². The van der Waals surface area contributed by atoms with E-state index < -0.39 is 0 Å². The molecule has 0 bridgehead atoms. The fourth-order valence-electron chi connectivity index (χ4n) is 3.84. The summed E-state index contributed by atoms with van der Waals surface area (Å²) in [7, 11) is 0. The molecule has 1 aromatic rings. The Labute approximate surface area is 122 Å². The molecule has 2 fully saturated rings. The lowest BCUT2D eigenvalue weighted by Crippen LogP contribution is -2.46. The molecule has 1 saturated heterocycles. The molecule has 0 amide bonds. The Morgan fingerprint density at radius 1 is 1.15 bits per heavy atom. The van der Waals surface area contributed by atoms with E-state index in [9.17, 15) is 0 Å². The van der Waals surface area contributed by atoms with E-state index in [1.807, 2.05) is 12.4 Å². The number of nitrogens with zero attached hydrogens (tertiary/aromatic N) is 3. The molecule has 1 saturated carbocycles. The van der Waals surface area contributed by atoms with Crippen LogP contribution in [0.15, 0.2) is 12.4 Å². The summed E-state index contributed by atoms with van der Waals surface area (Å²) in [6.07, 6.45) is 12.2. The molecule has 0 aromatic carbocycles. The Morgan fingerprint density at radius 3 is 2.80 bits per heavy atom. The van der Waals surface area contributed by atoms with Crippen molar-refractivity contribution < 1.29 is 0 Å². The van der Waals surface area contributed by atoms with Crippen molar-refractivity contribution in [2.24, 2.45) is 5.92 Å². The maximum Gasteiger partial charge on any atom is 0.144 e. The SMILES string of the molecule is CCNc1cnc(CN2CCC[C@H]3CCCC[C@H]32)cn1. The zero-order valence-corrected chi connectivity index (χ0v) is 12.5. The minimum Gasteiger partial charge on any atom is -0.369 e. The third kappa shape index (κ3) is 3.11. The molecule has 1 aromatic heterocycles. The number of aromatic nitrogens is 2. The normalized spacial score (nSPS) is 27.1. The summed E-state index contributed by atoms with van der Waals surface area (Å²) in [6.45, 7) is 5.18. The van der Waals surface area contributed by atoms with E-state index in [1.54, 1.807) is 0 Å². The van der Waals surface area contributed by atoms with Crippen molar-refractivity contribution in [3.8, 4) is 0 Å². The van der Waals surface area contributed by atoms with Crippen LogP contribution >= 0.6 is 0 Å². The van der Waals surface area contributed by atoms with Gasteiger partial charge in [-0.05, 0) is 45.1 Å². The zero-order valence-electron chi connectivity index (χ0n) is 12.5. The summed E-state index contributed by atoms with van der Waals surface area (Å²) >= 11 is 0. The van der Waals surface area contributed by atoms with E-state index in [0.29, 0.717) is 0 Å². The summed E-state index contributed by atoms with van der Waals surface area (Å²) in [4.78, 5) is 11.7. The van der Waals surface area contributed by atoms with E-state index in [0.717, 1.165) is 36.6 Å². The Balaban J connectivity index is 1.63. The molecule has 0 radical (unpaired) electrons. The van der Waals surface area contributed by atoms with Crippen LogP contribution in [0.25, 0.3) is 0 Å². The average molecular weight is 274 g/mol. The molecule has 0 spiro atoms. The third-order valence-corrected chi connectivity index (χ3v) is 4.79. The predicted octanol–water partition coefficient (Wildman–Crippen LogP) is 3.06. The zero-order chi connectivity index (χ0) is 13.8. The number of hydrogen-bond acceptors (Lipinski definition) is 4. The highest BCUT2D eigenvalue weighted by Crippen LogP contribution is 2.35. The number of fused-ring (bicyclic) bond motifs is 1. The Morgan fingerprint density at radius 2 is 2.00 bits per heavy atom. The molecule has 1 aliphatic carbocycles. The smallest absolute Gasteiger partial charge is 0.144 e. The fraction of sp³-hybridized carbons (Fsp3) is 0.750. The highest BCUT2D eigenvalue weighted by Gasteiger charge is 2.33. The largest absolute Gasteiger partial charge is 0.369 e. The van der Waals surface area contributed by atoms with E-state index in [4.69, 9.17) is 0 Å². The van der Waals surface area contributed by atoms with Crippen LogP contribution < -0.4 is 5.32 Å². The van der Waals surface area contributed by atoms with E-state index in [1.165, 1.54) is 45.1 Å². The van der Waals surface area contributed by atoms with Crippen LogP contribution in [0.5, 0.6) is 0 Å². The van der Waals surface area contributed by atoms with Gasteiger partial charge in [0.05, 0.1) is 18.1 Å². The van der Waals surface area contributed by atoms with Gasteiger partial charge in [0.1, 0.15) is 5.82 Å². The number of rotatable bonds is 4. The highest BCUT2D eigenvalue weighted by atomic mass is 15.2. The predicted molar refractivity (Wildman–Crippen MR) is 81.6 cm³/mol. The number of nitrogens with one attached hydrogen (secondary N) is 1. The molecular weight excluding hydrogens is 248 g/mol. The van der Waals surface area contributed by atoms with E-state index >= 15 is 0 Å². The van der Waals surface area contributed by atoms with Crippen molar-refractivity contribution in [1.82, 2.24) is 14.9 Å². The van der Waals surface area contributed by atoms with Crippen LogP contribution in [0.4, 0.5) is 5.82 Å². The van der Waals surface area contributed by atoms with Gasteiger partial charge in [0.15, 0.2) is 0 Å². The van der Waals surface area contributed by atoms with Crippen LogP contribution in [0, 0.1) is 5.92 Å². The molecule has 1 aliphatic heterocycles. The van der Waals surface area contributed by atoms with Gasteiger partial charge in [-0.2, -0.15) is 0 Å². The van der Waals surface area contributed by atoms with Crippen molar-refractivity contribution in [2.75, 3.05) is 18.4 Å². The van der Waals surface area contributed by atoms with Gasteiger partial charge in [0, 0.05) is 19.1 Å². The van der Waals surface area contributed by atoms with Gasteiger partial charge in [-0.15, -0.1) is 0 Å². The van der Waals surface area contributed by atoms with E-state index in [-0.39, 0.29) is 0 Å². The first-order chi connectivity index (χ1) is 9.86. The second kappa shape index (κ2) is 6.53. The number of hydrogen-bond donors (Lipinski definition) is 1. The van der Waals surface area contributed by atoms with Crippen molar-refractivity contribution in [3.05, 3.63) is 18.1 Å². The molecule has 2 aliphatic rings. The lowest BCUT2D eigenvalue weighted by molar-refractivity contribution is 0.0536. The average Bonchev–Trinajstić information content (AvgIpc) is 2.50. The van der Waals surface area contributed by atoms with Gasteiger partial charge < -0.3 is 5.32 Å². The standard InChI is InChI=1S/C16H26N4/c1-2-17-16-11-18-14(10-19-16)12-20-9-5-7-13-6-3-4-8-15(13)20/h10-11,13,15H,2-9,12H2,1H3,(H,17,19)/t13-,15-/m1/s1. The second-order valence-corrected chi connectivity index (χ2v) is 6.15. The number of anilines is 1. The fourth-order valence-corrected chi connectivity index (χ4v) is 3.84. The summed E-state index contributed by atoms with van der Waals surface area (Å²) < 4.78 is 0. The molecule has 2 heterocycles. The molecule has 20 heavy (non-hydrogen) atoms. The van der Waals surface area contributed by atoms with Gasteiger partial charge in [0.25, 0.3) is 0 Å². The minimum atomic E-state index is 0.799. The number of piperidine rings is 1.